The normalized spacial score (nSPS) is 13.3. The van der Waals surface area contributed by atoms with Gasteiger partial charge in [0.1, 0.15) is 13.2 Å². The molecule has 0 heterocycles. The van der Waals surface area contributed by atoms with Crippen LogP contribution in [0.5, 0.6) is 0 Å². The van der Waals surface area contributed by atoms with E-state index in [0.717, 1.165) is 186 Å². The summed E-state index contributed by atoms with van der Waals surface area (Å²) in [6.07, 6.45) is 86.7. The van der Waals surface area contributed by atoms with Crippen LogP contribution in [0.25, 0.3) is 0 Å². The van der Waals surface area contributed by atoms with Crippen LogP contribution in [-0.2, 0) is 28.6 Å². The molecule has 408 valence electrons. The fourth-order valence-electron chi connectivity index (χ4n) is 7.27. The lowest BCUT2D eigenvalue weighted by Gasteiger charge is -2.18. The second kappa shape index (κ2) is 59.6. The van der Waals surface area contributed by atoms with Crippen molar-refractivity contribution in [1.82, 2.24) is 0 Å². The Bertz CT molecular complexity index is 1670. The van der Waals surface area contributed by atoms with Gasteiger partial charge in [0.05, 0.1) is 0 Å². The van der Waals surface area contributed by atoms with E-state index < -0.39 is 6.10 Å². The van der Waals surface area contributed by atoms with E-state index in [4.69, 9.17) is 14.2 Å². The quantitative estimate of drug-likeness (QED) is 0.0261. The van der Waals surface area contributed by atoms with Crippen LogP contribution in [0, 0.1) is 0 Å². The Morgan fingerprint density at radius 1 is 0.274 bits per heavy atom. The SMILES string of the molecule is CC/C=C\C/C=C\C/C=C\C/C=C\C/C=C\C/C=C\C/C=C\CCCCCCCC(=O)OCC(COC(=O)CCCCC/C=C\C/C=C\C/C=C\CC)OC(=O)CCCCCCC/C=C\C/C=C\C/C=C\CC. The maximum absolute atomic E-state index is 12.8. The lowest BCUT2D eigenvalue weighted by molar-refractivity contribution is -0.167. The molecule has 1 unspecified atom stereocenters. The summed E-state index contributed by atoms with van der Waals surface area (Å²) in [7, 11) is 0. The Hall–Kier alpha value is -4.97. The van der Waals surface area contributed by atoms with E-state index in [1.54, 1.807) is 0 Å². The van der Waals surface area contributed by atoms with Crippen molar-refractivity contribution in [3.8, 4) is 0 Å². The molecule has 0 N–H and O–H groups in total. The van der Waals surface area contributed by atoms with E-state index >= 15 is 0 Å². The highest BCUT2D eigenvalue weighted by atomic mass is 16.6. The molecule has 0 aromatic rings. The molecule has 0 spiro atoms. The molecular formula is C67H104O6. The van der Waals surface area contributed by atoms with Crippen molar-refractivity contribution < 1.29 is 28.6 Å². The third-order valence-electron chi connectivity index (χ3n) is 11.5. The highest BCUT2D eigenvalue weighted by molar-refractivity contribution is 5.71. The summed E-state index contributed by atoms with van der Waals surface area (Å²) in [5.74, 6) is -0.986. The molecule has 6 heteroatoms. The standard InChI is InChI=1S/C67H104O6/c1-4-7-10-13-16-19-22-25-27-28-29-30-31-32-33-34-35-36-37-38-40-42-45-48-51-54-57-60-66(69)72-63-64(62-71-65(68)59-56-53-50-47-44-41-24-21-18-15-12-9-6-3)73-67(70)61-58-55-52-49-46-43-39-26-23-20-17-14-11-8-5-2/h7-12,16-21,25-27,29-30,32-33,35-36,38-41,44,64H,4-6,13-15,22-24,28,31,34,37,42-43,45-63H2,1-3H3/b10-7-,11-8-,12-9-,19-16-,20-17-,21-18-,27-25-,30-29-,33-32-,36-35-,39-26-,40-38-,44-41-. The summed E-state index contributed by atoms with van der Waals surface area (Å²) in [6, 6.07) is 0. The maximum atomic E-state index is 12.8. The molecule has 0 amide bonds. The van der Waals surface area contributed by atoms with Crippen LogP contribution < -0.4 is 0 Å². The minimum atomic E-state index is -0.816. The molecule has 0 aliphatic carbocycles. The van der Waals surface area contributed by atoms with Gasteiger partial charge in [0.2, 0.25) is 0 Å². The second-order valence-electron chi connectivity index (χ2n) is 18.4. The van der Waals surface area contributed by atoms with Gasteiger partial charge in [-0.25, -0.2) is 0 Å². The number of carbonyl (C=O) groups excluding carboxylic acids is 3. The van der Waals surface area contributed by atoms with Crippen LogP contribution in [0.4, 0.5) is 0 Å². The first kappa shape index (κ1) is 68.0. The first-order valence-corrected chi connectivity index (χ1v) is 29.0. The average molecular weight is 1010 g/mol. The number of hydrogen-bond donors (Lipinski definition) is 0. The van der Waals surface area contributed by atoms with Gasteiger partial charge in [-0.3, -0.25) is 14.4 Å². The average Bonchev–Trinajstić information content (AvgIpc) is 3.39. The Labute approximate surface area is 448 Å². The zero-order valence-corrected chi connectivity index (χ0v) is 46.6. The molecule has 0 rings (SSSR count). The van der Waals surface area contributed by atoms with E-state index in [2.05, 4.69) is 179 Å². The van der Waals surface area contributed by atoms with E-state index in [1.807, 2.05) is 0 Å². The Balaban J connectivity index is 4.43. The predicted molar refractivity (Wildman–Crippen MR) is 315 cm³/mol. The van der Waals surface area contributed by atoms with Crippen LogP contribution >= 0.6 is 0 Å². The van der Waals surface area contributed by atoms with Crippen LogP contribution in [0.15, 0.2) is 158 Å². The third-order valence-corrected chi connectivity index (χ3v) is 11.5. The number of esters is 3. The van der Waals surface area contributed by atoms with Crippen molar-refractivity contribution in [1.29, 1.82) is 0 Å². The fraction of sp³-hybridized carbons (Fsp3) is 0.567. The van der Waals surface area contributed by atoms with E-state index in [0.29, 0.717) is 19.3 Å². The molecule has 0 aromatic carbocycles. The van der Waals surface area contributed by atoms with Gasteiger partial charge in [0.15, 0.2) is 6.10 Å². The van der Waals surface area contributed by atoms with Gasteiger partial charge in [0.25, 0.3) is 0 Å². The van der Waals surface area contributed by atoms with Crippen molar-refractivity contribution in [3.63, 3.8) is 0 Å². The Morgan fingerprint density at radius 3 is 0.781 bits per heavy atom. The lowest BCUT2D eigenvalue weighted by Crippen LogP contribution is -2.30. The van der Waals surface area contributed by atoms with E-state index in [-0.39, 0.29) is 31.1 Å². The summed E-state index contributed by atoms with van der Waals surface area (Å²) in [5.41, 5.74) is 0. The molecule has 0 saturated heterocycles. The number of ether oxygens (including phenoxy) is 3. The number of hydrogen-bond acceptors (Lipinski definition) is 6. The summed E-state index contributed by atoms with van der Waals surface area (Å²) in [5, 5.41) is 0. The van der Waals surface area contributed by atoms with Crippen LogP contribution in [-0.4, -0.2) is 37.2 Å². The molecular weight excluding hydrogens is 901 g/mol. The highest BCUT2D eigenvalue weighted by Crippen LogP contribution is 2.13. The molecule has 0 fully saturated rings. The zero-order valence-electron chi connectivity index (χ0n) is 46.6. The van der Waals surface area contributed by atoms with Gasteiger partial charge in [-0.15, -0.1) is 0 Å². The van der Waals surface area contributed by atoms with Crippen molar-refractivity contribution in [3.05, 3.63) is 158 Å². The minimum absolute atomic E-state index is 0.112. The summed E-state index contributed by atoms with van der Waals surface area (Å²) in [6.45, 7) is 6.22. The largest absolute Gasteiger partial charge is 0.462 e. The molecule has 0 aliphatic rings. The van der Waals surface area contributed by atoms with E-state index in [1.165, 1.54) is 0 Å². The van der Waals surface area contributed by atoms with Gasteiger partial charge in [-0.05, 0) is 141 Å². The summed E-state index contributed by atoms with van der Waals surface area (Å²) < 4.78 is 16.8. The van der Waals surface area contributed by atoms with Crippen LogP contribution in [0.1, 0.15) is 226 Å². The van der Waals surface area contributed by atoms with Crippen molar-refractivity contribution in [2.75, 3.05) is 13.2 Å². The smallest absolute Gasteiger partial charge is 0.306 e. The highest BCUT2D eigenvalue weighted by Gasteiger charge is 2.19. The van der Waals surface area contributed by atoms with Gasteiger partial charge < -0.3 is 14.2 Å². The van der Waals surface area contributed by atoms with Gasteiger partial charge >= 0.3 is 17.9 Å². The Morgan fingerprint density at radius 2 is 0.493 bits per heavy atom. The number of carbonyl (C=O) groups is 3. The van der Waals surface area contributed by atoms with Gasteiger partial charge in [-0.1, -0.05) is 224 Å². The van der Waals surface area contributed by atoms with Gasteiger partial charge in [0, 0.05) is 19.3 Å². The summed E-state index contributed by atoms with van der Waals surface area (Å²) in [4.78, 5) is 38.1. The molecule has 6 nitrogen and oxygen atoms in total. The zero-order chi connectivity index (χ0) is 52.9. The van der Waals surface area contributed by atoms with Crippen molar-refractivity contribution >= 4 is 17.9 Å². The van der Waals surface area contributed by atoms with E-state index in [9.17, 15) is 14.4 Å². The summed E-state index contributed by atoms with van der Waals surface area (Å²) >= 11 is 0. The molecule has 1 atom stereocenters. The topological polar surface area (TPSA) is 78.9 Å². The number of rotatable bonds is 50. The molecule has 0 aromatic heterocycles. The monoisotopic (exact) mass is 1000 g/mol. The predicted octanol–water partition coefficient (Wildman–Crippen LogP) is 19.8. The molecule has 0 saturated carbocycles. The minimum Gasteiger partial charge on any atom is -0.462 e. The van der Waals surface area contributed by atoms with Crippen LogP contribution in [0.3, 0.4) is 0 Å². The number of allylic oxidation sites excluding steroid dienone is 26. The Kier molecular flexibility index (Phi) is 55.5. The van der Waals surface area contributed by atoms with Crippen LogP contribution in [0.2, 0.25) is 0 Å². The molecule has 0 radical (unpaired) electrons. The van der Waals surface area contributed by atoms with Crippen molar-refractivity contribution in [2.45, 2.75) is 232 Å². The lowest BCUT2D eigenvalue weighted by atomic mass is 10.1. The first-order valence-electron chi connectivity index (χ1n) is 29.0. The number of unbranched alkanes of at least 4 members (excludes halogenated alkanes) is 13. The first-order chi connectivity index (χ1) is 36.0. The third kappa shape index (κ3) is 57.8. The fourth-order valence-corrected chi connectivity index (χ4v) is 7.27. The van der Waals surface area contributed by atoms with Gasteiger partial charge in [-0.2, -0.15) is 0 Å². The second-order valence-corrected chi connectivity index (χ2v) is 18.4. The molecule has 0 aliphatic heterocycles. The molecule has 0 bridgehead atoms. The molecule has 73 heavy (non-hydrogen) atoms. The van der Waals surface area contributed by atoms with Crippen molar-refractivity contribution in [2.24, 2.45) is 0 Å². The maximum Gasteiger partial charge on any atom is 0.306 e.